The molecule has 100 valence electrons. The predicted octanol–water partition coefficient (Wildman–Crippen LogP) is 3.45. The van der Waals surface area contributed by atoms with Gasteiger partial charge in [-0.1, -0.05) is 15.9 Å². The summed E-state index contributed by atoms with van der Waals surface area (Å²) in [6.07, 6.45) is 0. The highest BCUT2D eigenvalue weighted by atomic mass is 127. The molecule has 0 aliphatic rings. The lowest BCUT2D eigenvalue weighted by atomic mass is 10.0. The van der Waals surface area contributed by atoms with Crippen molar-refractivity contribution >= 4 is 55.3 Å². The molecule has 0 saturated heterocycles. The van der Waals surface area contributed by atoms with E-state index in [1.54, 1.807) is 24.3 Å². The maximum Gasteiger partial charge on any atom is 0.323 e. The number of hydrogen-bond acceptors (Lipinski definition) is 2. The Hall–Kier alpha value is -1.41. The van der Waals surface area contributed by atoms with Crippen LogP contribution in [-0.4, -0.2) is 15.8 Å². The minimum atomic E-state index is -0.276. The van der Waals surface area contributed by atoms with Gasteiger partial charge >= 0.3 is 5.69 Å². The third-order valence-electron chi connectivity index (χ3n) is 2.95. The summed E-state index contributed by atoms with van der Waals surface area (Å²) < 4.78 is 1.75. The molecule has 6 heteroatoms. The normalized spacial score (nSPS) is 10.9. The zero-order valence-electron chi connectivity index (χ0n) is 10.0. The van der Waals surface area contributed by atoms with Gasteiger partial charge in [-0.25, -0.2) is 4.79 Å². The van der Waals surface area contributed by atoms with E-state index in [-0.39, 0.29) is 11.5 Å². The Morgan fingerprint density at radius 1 is 1.05 bits per heavy atom. The monoisotopic (exact) mass is 442 g/mol. The fraction of sp³-hybridized carbons (Fsp3) is 0. The molecule has 3 aromatic rings. The van der Waals surface area contributed by atoms with E-state index in [0.717, 1.165) is 8.04 Å². The number of nitrogens with one attached hydrogen (secondary N) is 2. The van der Waals surface area contributed by atoms with E-state index in [9.17, 15) is 9.59 Å². The number of H-pyrrole nitrogens is 2. The van der Waals surface area contributed by atoms with Gasteiger partial charge in [0.15, 0.2) is 5.78 Å². The van der Waals surface area contributed by atoms with E-state index in [4.69, 9.17) is 0 Å². The highest BCUT2D eigenvalue weighted by molar-refractivity contribution is 14.1. The van der Waals surface area contributed by atoms with Gasteiger partial charge in [0, 0.05) is 19.2 Å². The lowest BCUT2D eigenvalue weighted by Gasteiger charge is -2.05. The second-order valence-electron chi connectivity index (χ2n) is 4.29. The van der Waals surface area contributed by atoms with Crippen molar-refractivity contribution in [3.05, 3.63) is 66.1 Å². The van der Waals surface area contributed by atoms with Crippen molar-refractivity contribution in [2.45, 2.75) is 0 Å². The minimum Gasteiger partial charge on any atom is -0.306 e. The highest BCUT2D eigenvalue weighted by Gasteiger charge is 2.14. The molecule has 4 nitrogen and oxygen atoms in total. The lowest BCUT2D eigenvalue weighted by Crippen LogP contribution is -2.03. The van der Waals surface area contributed by atoms with Crippen LogP contribution in [0.25, 0.3) is 11.0 Å². The van der Waals surface area contributed by atoms with Crippen LogP contribution in [0.1, 0.15) is 15.9 Å². The Kier molecular flexibility index (Phi) is 3.51. The molecule has 0 radical (unpaired) electrons. The van der Waals surface area contributed by atoms with E-state index in [0.29, 0.717) is 22.2 Å². The molecule has 0 unspecified atom stereocenters. The van der Waals surface area contributed by atoms with Crippen LogP contribution >= 0.6 is 38.5 Å². The van der Waals surface area contributed by atoms with E-state index in [2.05, 4.69) is 48.5 Å². The summed E-state index contributed by atoms with van der Waals surface area (Å²) in [6, 6.07) is 10.7. The summed E-state index contributed by atoms with van der Waals surface area (Å²) in [6.45, 7) is 0. The number of aromatic nitrogens is 2. The Morgan fingerprint density at radius 3 is 2.60 bits per heavy atom. The molecule has 2 N–H and O–H groups in total. The van der Waals surface area contributed by atoms with Crippen molar-refractivity contribution in [2.75, 3.05) is 0 Å². The van der Waals surface area contributed by atoms with Crippen molar-refractivity contribution < 1.29 is 4.79 Å². The number of ketones is 1. The fourth-order valence-electron chi connectivity index (χ4n) is 2.00. The maximum absolute atomic E-state index is 12.5. The Morgan fingerprint density at radius 2 is 1.80 bits per heavy atom. The van der Waals surface area contributed by atoms with E-state index in [1.807, 2.05) is 12.1 Å². The molecule has 0 amide bonds. The Balaban J connectivity index is 2.12. The fourth-order valence-corrected chi connectivity index (χ4v) is 2.94. The summed E-state index contributed by atoms with van der Waals surface area (Å²) in [5, 5.41) is 0. The Bertz CT molecular complexity index is 882. The number of halogens is 2. The second-order valence-corrected chi connectivity index (χ2v) is 6.37. The minimum absolute atomic E-state index is 0.0698. The standard InChI is InChI=1S/C14H8BrIN2O2/c15-8-2-3-10(16)9(6-8)13(19)7-1-4-11-12(5-7)18-14(20)17-11/h1-6H,(H2,17,18,20). The number of hydrogen-bond donors (Lipinski definition) is 2. The van der Waals surface area contributed by atoms with Gasteiger partial charge in [-0.3, -0.25) is 4.79 Å². The number of rotatable bonds is 2. The van der Waals surface area contributed by atoms with Gasteiger partial charge in [-0.2, -0.15) is 0 Å². The molecule has 0 aliphatic carbocycles. The zero-order valence-corrected chi connectivity index (χ0v) is 13.8. The molecule has 0 bridgehead atoms. The van der Waals surface area contributed by atoms with Crippen molar-refractivity contribution in [1.82, 2.24) is 9.97 Å². The SMILES string of the molecule is O=C(c1ccc2[nH]c(=O)[nH]c2c1)c1cc(Br)ccc1I. The van der Waals surface area contributed by atoms with Crippen LogP contribution in [-0.2, 0) is 0 Å². The molecule has 0 aliphatic heterocycles. The first-order valence-corrected chi connectivity index (χ1v) is 7.63. The molecule has 0 atom stereocenters. The topological polar surface area (TPSA) is 65.7 Å². The van der Waals surface area contributed by atoms with Crippen LogP contribution in [0.3, 0.4) is 0 Å². The molecule has 3 rings (SSSR count). The molecule has 0 fully saturated rings. The van der Waals surface area contributed by atoms with E-state index < -0.39 is 0 Å². The van der Waals surface area contributed by atoms with Gasteiger partial charge < -0.3 is 9.97 Å². The van der Waals surface area contributed by atoms with Crippen molar-refractivity contribution in [1.29, 1.82) is 0 Å². The lowest BCUT2D eigenvalue weighted by molar-refractivity contribution is 0.103. The third kappa shape index (κ3) is 2.45. The summed E-state index contributed by atoms with van der Waals surface area (Å²) in [5.74, 6) is -0.0698. The van der Waals surface area contributed by atoms with E-state index in [1.165, 1.54) is 0 Å². The summed E-state index contributed by atoms with van der Waals surface area (Å²) in [7, 11) is 0. The molecular weight excluding hydrogens is 435 g/mol. The third-order valence-corrected chi connectivity index (χ3v) is 4.39. The summed E-state index contributed by atoms with van der Waals surface area (Å²) >= 11 is 5.51. The largest absolute Gasteiger partial charge is 0.323 e. The van der Waals surface area contributed by atoms with Gasteiger partial charge in [-0.05, 0) is 59.0 Å². The summed E-state index contributed by atoms with van der Waals surface area (Å²) in [5.41, 5.74) is 2.23. The van der Waals surface area contributed by atoms with Crippen LogP contribution in [0.5, 0.6) is 0 Å². The molecule has 1 heterocycles. The molecule has 0 saturated carbocycles. The van der Waals surface area contributed by atoms with Gasteiger partial charge in [-0.15, -0.1) is 0 Å². The van der Waals surface area contributed by atoms with Crippen LogP contribution in [0.2, 0.25) is 0 Å². The number of carbonyl (C=O) groups excluding carboxylic acids is 1. The van der Waals surface area contributed by atoms with E-state index >= 15 is 0 Å². The van der Waals surface area contributed by atoms with Crippen LogP contribution in [0, 0.1) is 3.57 Å². The van der Waals surface area contributed by atoms with Crippen LogP contribution in [0.15, 0.2) is 45.7 Å². The number of imidazole rings is 1. The predicted molar refractivity (Wildman–Crippen MR) is 89.2 cm³/mol. The average molecular weight is 443 g/mol. The number of aromatic amines is 2. The molecule has 2 aromatic carbocycles. The van der Waals surface area contributed by atoms with Crippen LogP contribution < -0.4 is 5.69 Å². The molecule has 1 aromatic heterocycles. The zero-order chi connectivity index (χ0) is 14.3. The van der Waals surface area contributed by atoms with Crippen molar-refractivity contribution in [3.63, 3.8) is 0 Å². The number of carbonyl (C=O) groups is 1. The van der Waals surface area contributed by atoms with Crippen molar-refractivity contribution in [3.8, 4) is 0 Å². The smallest absolute Gasteiger partial charge is 0.306 e. The first-order valence-electron chi connectivity index (χ1n) is 5.76. The van der Waals surface area contributed by atoms with Crippen LogP contribution in [0.4, 0.5) is 0 Å². The maximum atomic E-state index is 12.5. The molecule has 0 spiro atoms. The molecular formula is C14H8BrIN2O2. The van der Waals surface area contributed by atoms with Gasteiger partial charge in [0.1, 0.15) is 0 Å². The molecule has 20 heavy (non-hydrogen) atoms. The second kappa shape index (κ2) is 5.17. The number of benzene rings is 2. The van der Waals surface area contributed by atoms with Gasteiger partial charge in [0.05, 0.1) is 11.0 Å². The highest BCUT2D eigenvalue weighted by Crippen LogP contribution is 2.22. The first kappa shape index (κ1) is 13.6. The summed E-state index contributed by atoms with van der Waals surface area (Å²) in [4.78, 5) is 29.1. The Labute approximate surface area is 135 Å². The first-order chi connectivity index (χ1) is 9.54. The number of fused-ring (bicyclic) bond motifs is 1. The average Bonchev–Trinajstić information content (AvgIpc) is 2.79. The van der Waals surface area contributed by atoms with Crippen molar-refractivity contribution in [2.24, 2.45) is 0 Å². The quantitative estimate of drug-likeness (QED) is 0.471. The van der Waals surface area contributed by atoms with Gasteiger partial charge in [0.2, 0.25) is 0 Å². The van der Waals surface area contributed by atoms with Gasteiger partial charge in [0.25, 0.3) is 0 Å².